The fraction of sp³-hybridized carbons (Fsp3) is 0.194. The lowest BCUT2D eigenvalue weighted by molar-refractivity contribution is -0.123. The van der Waals surface area contributed by atoms with Crippen LogP contribution >= 0.6 is 0 Å². The van der Waals surface area contributed by atoms with Crippen LogP contribution in [0.1, 0.15) is 29.0 Å². The maximum absolute atomic E-state index is 12.9. The summed E-state index contributed by atoms with van der Waals surface area (Å²) in [6.07, 6.45) is -0.157. The predicted octanol–water partition coefficient (Wildman–Crippen LogP) is 5.32. The zero-order valence-corrected chi connectivity index (χ0v) is 20.3. The topological polar surface area (TPSA) is 91.2 Å². The van der Waals surface area contributed by atoms with Crippen LogP contribution < -0.4 is 10.6 Å². The number of nitrogens with zero attached hydrogens (tertiary/aromatic N) is 1. The number of hydrogen-bond donors (Lipinski definition) is 2. The summed E-state index contributed by atoms with van der Waals surface area (Å²) in [6, 6.07) is 31.4. The van der Waals surface area contributed by atoms with Crippen LogP contribution in [0.25, 0.3) is 21.9 Å². The standard InChI is InChI=1S/C31H27N3O3/c32-16-7-17-33-30(35)29(19-21-14-15-22-8-1-2-9-23(22)18-21)34-31(36)37-20-28-26-12-5-3-10-24(26)25-11-4-6-13-27(25)28/h1-6,8-15,18,28-29H,7,17,19-20H2,(H,33,35)(H,34,36). The van der Waals surface area contributed by atoms with Gasteiger partial charge in [0.05, 0.1) is 12.5 Å². The third-order valence-corrected chi connectivity index (χ3v) is 6.74. The molecule has 2 amide bonds. The fourth-order valence-corrected chi connectivity index (χ4v) is 4.96. The van der Waals surface area contributed by atoms with Crippen molar-refractivity contribution < 1.29 is 14.3 Å². The highest BCUT2D eigenvalue weighted by Gasteiger charge is 2.30. The van der Waals surface area contributed by atoms with E-state index in [0.717, 1.165) is 38.6 Å². The highest BCUT2D eigenvalue weighted by molar-refractivity contribution is 5.87. The Balaban J connectivity index is 1.29. The van der Waals surface area contributed by atoms with Crippen LogP contribution in [-0.2, 0) is 16.0 Å². The first-order chi connectivity index (χ1) is 18.1. The summed E-state index contributed by atoms with van der Waals surface area (Å²) in [5, 5.41) is 16.5. The van der Waals surface area contributed by atoms with E-state index in [9.17, 15) is 9.59 Å². The molecule has 6 heteroatoms. The number of hydrogen-bond acceptors (Lipinski definition) is 4. The van der Waals surface area contributed by atoms with Gasteiger partial charge in [-0.05, 0) is 38.6 Å². The van der Waals surface area contributed by atoms with Gasteiger partial charge in [-0.1, -0.05) is 91.0 Å². The second-order valence-corrected chi connectivity index (χ2v) is 9.11. The lowest BCUT2D eigenvalue weighted by atomic mass is 9.98. The molecule has 0 saturated carbocycles. The average Bonchev–Trinajstić information content (AvgIpc) is 3.25. The highest BCUT2D eigenvalue weighted by atomic mass is 16.5. The molecule has 1 atom stereocenters. The summed E-state index contributed by atoms with van der Waals surface area (Å²) in [5.41, 5.74) is 5.46. The highest BCUT2D eigenvalue weighted by Crippen LogP contribution is 2.44. The number of rotatable bonds is 8. The normalized spacial score (nSPS) is 12.7. The van der Waals surface area contributed by atoms with E-state index < -0.39 is 12.1 Å². The van der Waals surface area contributed by atoms with E-state index >= 15 is 0 Å². The van der Waals surface area contributed by atoms with Crippen molar-refractivity contribution in [3.05, 3.63) is 108 Å². The largest absolute Gasteiger partial charge is 0.449 e. The van der Waals surface area contributed by atoms with E-state index in [1.165, 1.54) is 0 Å². The molecule has 4 aromatic rings. The van der Waals surface area contributed by atoms with Gasteiger partial charge in [0.2, 0.25) is 5.91 Å². The first-order valence-electron chi connectivity index (χ1n) is 12.4. The molecular formula is C31H27N3O3. The van der Waals surface area contributed by atoms with Crippen LogP contribution in [-0.4, -0.2) is 31.2 Å². The Hall–Kier alpha value is -4.63. The molecule has 6 nitrogen and oxygen atoms in total. The van der Waals surface area contributed by atoms with Crippen molar-refractivity contribution in [2.45, 2.75) is 24.8 Å². The van der Waals surface area contributed by atoms with Gasteiger partial charge in [0.25, 0.3) is 0 Å². The van der Waals surface area contributed by atoms with E-state index in [4.69, 9.17) is 10.00 Å². The van der Waals surface area contributed by atoms with Crippen molar-refractivity contribution in [1.29, 1.82) is 5.26 Å². The lowest BCUT2D eigenvalue weighted by Gasteiger charge is -2.20. The molecular weight excluding hydrogens is 462 g/mol. The molecule has 2 N–H and O–H groups in total. The Morgan fingerprint density at radius 2 is 1.51 bits per heavy atom. The molecule has 184 valence electrons. The Morgan fingerprint density at radius 1 is 0.865 bits per heavy atom. The second-order valence-electron chi connectivity index (χ2n) is 9.11. The molecule has 0 bridgehead atoms. The zero-order chi connectivity index (χ0) is 25.6. The molecule has 0 saturated heterocycles. The minimum Gasteiger partial charge on any atom is -0.449 e. The number of carbonyl (C=O) groups is 2. The summed E-state index contributed by atoms with van der Waals surface area (Å²) in [5.74, 6) is -0.418. The number of ether oxygens (including phenoxy) is 1. The third-order valence-electron chi connectivity index (χ3n) is 6.74. The van der Waals surface area contributed by atoms with Gasteiger partial charge in [0, 0.05) is 18.9 Å². The molecule has 4 aromatic carbocycles. The van der Waals surface area contributed by atoms with Crippen molar-refractivity contribution in [1.82, 2.24) is 10.6 Å². The number of nitrogens with one attached hydrogen (secondary N) is 2. The van der Waals surface area contributed by atoms with Crippen LogP contribution in [0.3, 0.4) is 0 Å². The number of alkyl carbamates (subject to hydrolysis) is 1. The van der Waals surface area contributed by atoms with Crippen molar-refractivity contribution in [3.63, 3.8) is 0 Å². The number of benzene rings is 4. The Morgan fingerprint density at radius 3 is 2.22 bits per heavy atom. The first kappa shape index (κ1) is 24.1. The number of fused-ring (bicyclic) bond motifs is 4. The van der Waals surface area contributed by atoms with Gasteiger partial charge in [-0.25, -0.2) is 4.79 Å². The molecule has 1 aliphatic rings. The second kappa shape index (κ2) is 11.0. The van der Waals surface area contributed by atoms with Gasteiger partial charge in [0.1, 0.15) is 12.6 Å². The van der Waals surface area contributed by atoms with Crippen molar-refractivity contribution in [2.24, 2.45) is 0 Å². The van der Waals surface area contributed by atoms with Crippen LogP contribution in [0.5, 0.6) is 0 Å². The van der Waals surface area contributed by atoms with E-state index in [0.29, 0.717) is 6.42 Å². The lowest BCUT2D eigenvalue weighted by Crippen LogP contribution is -2.48. The number of nitriles is 1. The molecule has 0 spiro atoms. The molecule has 0 aromatic heterocycles. The van der Waals surface area contributed by atoms with Gasteiger partial charge in [-0.2, -0.15) is 5.26 Å². The van der Waals surface area contributed by atoms with Crippen LogP contribution in [0.2, 0.25) is 0 Å². The average molecular weight is 490 g/mol. The van der Waals surface area contributed by atoms with Crippen LogP contribution in [0.15, 0.2) is 91.0 Å². The molecule has 0 radical (unpaired) electrons. The van der Waals surface area contributed by atoms with Gasteiger partial charge in [-0.15, -0.1) is 0 Å². The van der Waals surface area contributed by atoms with Crippen molar-refractivity contribution in [3.8, 4) is 17.2 Å². The van der Waals surface area contributed by atoms with E-state index in [1.54, 1.807) is 0 Å². The maximum Gasteiger partial charge on any atom is 0.407 e. The van der Waals surface area contributed by atoms with Crippen molar-refractivity contribution >= 4 is 22.8 Å². The summed E-state index contributed by atoms with van der Waals surface area (Å²) < 4.78 is 5.67. The summed E-state index contributed by atoms with van der Waals surface area (Å²) in [7, 11) is 0. The maximum atomic E-state index is 12.9. The quantitative estimate of drug-likeness (QED) is 0.328. The zero-order valence-electron chi connectivity index (χ0n) is 20.3. The molecule has 5 rings (SSSR count). The van der Waals surface area contributed by atoms with Crippen LogP contribution in [0.4, 0.5) is 4.79 Å². The number of amides is 2. The minimum atomic E-state index is -0.837. The monoisotopic (exact) mass is 489 g/mol. The SMILES string of the molecule is N#CCCNC(=O)C(Cc1ccc2ccccc2c1)NC(=O)OCC1c2ccccc2-c2ccccc21. The van der Waals surface area contributed by atoms with Crippen molar-refractivity contribution in [2.75, 3.05) is 13.2 Å². The van der Waals surface area contributed by atoms with E-state index in [1.807, 2.05) is 72.8 Å². The molecule has 37 heavy (non-hydrogen) atoms. The first-order valence-corrected chi connectivity index (χ1v) is 12.4. The Bertz CT molecular complexity index is 1450. The van der Waals surface area contributed by atoms with Gasteiger partial charge in [0.15, 0.2) is 0 Å². The Kier molecular flexibility index (Phi) is 7.14. The summed E-state index contributed by atoms with van der Waals surface area (Å²) in [6.45, 7) is 0.383. The minimum absolute atomic E-state index is 0.0680. The van der Waals surface area contributed by atoms with Gasteiger partial charge >= 0.3 is 6.09 Å². The van der Waals surface area contributed by atoms with E-state index in [2.05, 4.69) is 34.9 Å². The summed E-state index contributed by atoms with van der Waals surface area (Å²) in [4.78, 5) is 25.8. The van der Waals surface area contributed by atoms with E-state index in [-0.39, 0.29) is 31.4 Å². The fourth-order valence-electron chi connectivity index (χ4n) is 4.96. The Labute approximate surface area is 215 Å². The molecule has 1 unspecified atom stereocenters. The smallest absolute Gasteiger partial charge is 0.407 e. The molecule has 0 aliphatic heterocycles. The number of carbonyl (C=O) groups excluding carboxylic acids is 2. The summed E-state index contributed by atoms with van der Waals surface area (Å²) >= 11 is 0. The predicted molar refractivity (Wildman–Crippen MR) is 143 cm³/mol. The van der Waals surface area contributed by atoms with Gasteiger partial charge in [-0.3, -0.25) is 4.79 Å². The third kappa shape index (κ3) is 5.31. The van der Waals surface area contributed by atoms with Crippen LogP contribution in [0, 0.1) is 11.3 Å². The molecule has 0 heterocycles. The molecule has 0 fully saturated rings. The molecule has 1 aliphatic carbocycles. The van der Waals surface area contributed by atoms with Gasteiger partial charge < -0.3 is 15.4 Å².